The lowest BCUT2D eigenvalue weighted by atomic mass is 10.3. The third-order valence-corrected chi connectivity index (χ3v) is 2.12. The van der Waals surface area contributed by atoms with E-state index >= 15 is 0 Å². The summed E-state index contributed by atoms with van der Waals surface area (Å²) in [4.78, 5) is 11.1. The fourth-order valence-electron chi connectivity index (χ4n) is 1.32. The van der Waals surface area contributed by atoms with Gasteiger partial charge in [-0.05, 0) is 12.1 Å². The zero-order chi connectivity index (χ0) is 11.2. The molecule has 0 amide bonds. The number of imidazole rings is 1. The summed E-state index contributed by atoms with van der Waals surface area (Å²) in [6, 6.07) is 5.51. The predicted octanol–water partition coefficient (Wildman–Crippen LogP) is 1.33. The monoisotopic (exact) mass is 213 g/mol. The largest absolute Gasteiger partial charge is 0.383 e. The van der Waals surface area contributed by atoms with Gasteiger partial charge in [-0.1, -0.05) is 0 Å². The minimum absolute atomic E-state index is 0.427. The van der Waals surface area contributed by atoms with Crippen LogP contribution in [0, 0.1) is 11.3 Å². The first kappa shape index (κ1) is 10.2. The Kier molecular flexibility index (Phi) is 3.14. The van der Waals surface area contributed by atoms with E-state index in [1.807, 2.05) is 12.1 Å². The highest BCUT2D eigenvalue weighted by Gasteiger charge is 1.96. The lowest BCUT2D eigenvalue weighted by Crippen LogP contribution is -2.06. The second kappa shape index (κ2) is 4.94. The quantitative estimate of drug-likeness (QED) is 0.803. The summed E-state index contributed by atoms with van der Waals surface area (Å²) in [6.07, 6.45) is 6.02. The third-order valence-electron chi connectivity index (χ3n) is 2.12. The summed E-state index contributed by atoms with van der Waals surface area (Å²) in [6.45, 7) is 0.779. The molecule has 0 aromatic carbocycles. The van der Waals surface area contributed by atoms with E-state index in [0.29, 0.717) is 5.69 Å². The smallest absolute Gasteiger partial charge is 0.140 e. The van der Waals surface area contributed by atoms with Crippen LogP contribution in [0.25, 0.3) is 0 Å². The standard InChI is InChI=1S/C11H11N5/c12-7-9-1-2-10(8-16-9)13-4-3-11-14-5-6-15-11/h1-2,5-6,8,13H,3-4H2,(H,14,15). The molecule has 5 heteroatoms. The van der Waals surface area contributed by atoms with Gasteiger partial charge in [-0.2, -0.15) is 5.26 Å². The van der Waals surface area contributed by atoms with Gasteiger partial charge in [-0.3, -0.25) is 0 Å². The lowest BCUT2D eigenvalue weighted by molar-refractivity contribution is 0.926. The molecule has 0 saturated carbocycles. The molecule has 0 atom stereocenters. The molecule has 0 saturated heterocycles. The van der Waals surface area contributed by atoms with Gasteiger partial charge in [0.2, 0.25) is 0 Å². The summed E-state index contributed by atoms with van der Waals surface area (Å²) < 4.78 is 0. The fourth-order valence-corrected chi connectivity index (χ4v) is 1.32. The van der Waals surface area contributed by atoms with Gasteiger partial charge in [0.25, 0.3) is 0 Å². The van der Waals surface area contributed by atoms with Crippen LogP contribution < -0.4 is 5.32 Å². The molecule has 0 aliphatic heterocycles. The molecule has 0 unspecified atom stereocenters. The van der Waals surface area contributed by atoms with Crippen LogP contribution in [0.3, 0.4) is 0 Å². The number of nitriles is 1. The molecule has 2 rings (SSSR count). The Hall–Kier alpha value is -2.35. The van der Waals surface area contributed by atoms with Crippen LogP contribution in [0.2, 0.25) is 0 Å². The predicted molar refractivity (Wildman–Crippen MR) is 59.7 cm³/mol. The lowest BCUT2D eigenvalue weighted by Gasteiger charge is -2.03. The van der Waals surface area contributed by atoms with Crippen molar-refractivity contribution in [3.63, 3.8) is 0 Å². The van der Waals surface area contributed by atoms with Gasteiger partial charge in [0.1, 0.15) is 17.6 Å². The number of rotatable bonds is 4. The van der Waals surface area contributed by atoms with E-state index < -0.39 is 0 Å². The Labute approximate surface area is 93.2 Å². The molecular weight excluding hydrogens is 202 g/mol. The highest BCUT2D eigenvalue weighted by molar-refractivity contribution is 5.42. The Morgan fingerprint density at radius 1 is 1.38 bits per heavy atom. The van der Waals surface area contributed by atoms with Crippen molar-refractivity contribution in [1.29, 1.82) is 5.26 Å². The molecule has 0 spiro atoms. The first-order chi connectivity index (χ1) is 7.88. The molecule has 2 aromatic heterocycles. The number of aromatic nitrogens is 3. The van der Waals surface area contributed by atoms with Crippen molar-refractivity contribution in [2.24, 2.45) is 0 Å². The van der Waals surface area contributed by atoms with Crippen molar-refractivity contribution in [2.75, 3.05) is 11.9 Å². The average molecular weight is 213 g/mol. The van der Waals surface area contributed by atoms with Crippen LogP contribution in [0.15, 0.2) is 30.7 Å². The van der Waals surface area contributed by atoms with Crippen LogP contribution in [0.4, 0.5) is 5.69 Å². The topological polar surface area (TPSA) is 77.4 Å². The number of nitrogens with one attached hydrogen (secondary N) is 2. The highest BCUT2D eigenvalue weighted by atomic mass is 14.9. The summed E-state index contributed by atoms with van der Waals surface area (Å²) in [5.41, 5.74) is 1.34. The SMILES string of the molecule is N#Cc1ccc(NCCc2ncc[nH]2)cn1. The van der Waals surface area contributed by atoms with Gasteiger partial charge >= 0.3 is 0 Å². The Morgan fingerprint density at radius 3 is 2.94 bits per heavy atom. The van der Waals surface area contributed by atoms with E-state index in [9.17, 15) is 0 Å². The summed E-state index contributed by atoms with van der Waals surface area (Å²) in [5, 5.41) is 11.8. The maximum absolute atomic E-state index is 8.58. The molecule has 0 fully saturated rings. The van der Waals surface area contributed by atoms with E-state index in [4.69, 9.17) is 5.26 Å². The molecular formula is C11H11N5. The van der Waals surface area contributed by atoms with E-state index in [0.717, 1.165) is 24.5 Å². The zero-order valence-electron chi connectivity index (χ0n) is 8.64. The third kappa shape index (κ3) is 2.58. The molecule has 0 radical (unpaired) electrons. The minimum atomic E-state index is 0.427. The normalized spacial score (nSPS) is 9.69. The molecule has 2 N–H and O–H groups in total. The number of nitrogens with zero attached hydrogens (tertiary/aromatic N) is 3. The number of anilines is 1. The summed E-state index contributed by atoms with van der Waals surface area (Å²) >= 11 is 0. The molecule has 0 bridgehead atoms. The van der Waals surface area contributed by atoms with Crippen LogP contribution in [0.5, 0.6) is 0 Å². The van der Waals surface area contributed by atoms with E-state index in [-0.39, 0.29) is 0 Å². The van der Waals surface area contributed by atoms with Crippen molar-refractivity contribution in [1.82, 2.24) is 15.0 Å². The number of hydrogen-bond acceptors (Lipinski definition) is 4. The van der Waals surface area contributed by atoms with Crippen LogP contribution in [-0.2, 0) is 6.42 Å². The molecule has 2 heterocycles. The van der Waals surface area contributed by atoms with E-state index in [1.54, 1.807) is 24.7 Å². The van der Waals surface area contributed by atoms with Gasteiger partial charge in [0.15, 0.2) is 0 Å². The molecule has 2 aromatic rings. The van der Waals surface area contributed by atoms with Crippen molar-refractivity contribution in [3.8, 4) is 6.07 Å². The van der Waals surface area contributed by atoms with E-state index in [2.05, 4.69) is 20.3 Å². The maximum Gasteiger partial charge on any atom is 0.140 e. The van der Waals surface area contributed by atoms with Crippen molar-refractivity contribution in [2.45, 2.75) is 6.42 Å². The number of pyridine rings is 1. The zero-order valence-corrected chi connectivity index (χ0v) is 8.64. The van der Waals surface area contributed by atoms with Crippen molar-refractivity contribution < 1.29 is 0 Å². The fraction of sp³-hybridized carbons (Fsp3) is 0.182. The van der Waals surface area contributed by atoms with Gasteiger partial charge in [-0.15, -0.1) is 0 Å². The van der Waals surface area contributed by atoms with Gasteiger partial charge in [0, 0.05) is 25.4 Å². The van der Waals surface area contributed by atoms with Crippen molar-refractivity contribution >= 4 is 5.69 Å². The Bertz CT molecular complexity index is 466. The minimum Gasteiger partial charge on any atom is -0.383 e. The highest BCUT2D eigenvalue weighted by Crippen LogP contribution is 2.05. The van der Waals surface area contributed by atoms with Crippen LogP contribution >= 0.6 is 0 Å². The maximum atomic E-state index is 8.58. The average Bonchev–Trinajstić information content (AvgIpc) is 2.83. The van der Waals surface area contributed by atoms with Gasteiger partial charge in [-0.25, -0.2) is 9.97 Å². The second-order valence-electron chi connectivity index (χ2n) is 3.26. The number of hydrogen-bond donors (Lipinski definition) is 2. The molecule has 0 aliphatic rings. The second-order valence-corrected chi connectivity index (χ2v) is 3.26. The van der Waals surface area contributed by atoms with Crippen LogP contribution in [-0.4, -0.2) is 21.5 Å². The first-order valence-corrected chi connectivity index (χ1v) is 4.97. The van der Waals surface area contributed by atoms with Gasteiger partial charge in [0.05, 0.1) is 11.9 Å². The molecule has 80 valence electrons. The van der Waals surface area contributed by atoms with Crippen LogP contribution in [0.1, 0.15) is 11.5 Å². The number of H-pyrrole nitrogens is 1. The summed E-state index contributed by atoms with van der Waals surface area (Å²) in [5.74, 6) is 0.953. The van der Waals surface area contributed by atoms with Gasteiger partial charge < -0.3 is 10.3 Å². The Morgan fingerprint density at radius 2 is 2.31 bits per heavy atom. The first-order valence-electron chi connectivity index (χ1n) is 4.97. The van der Waals surface area contributed by atoms with E-state index in [1.165, 1.54) is 0 Å². The summed E-state index contributed by atoms with van der Waals surface area (Å²) in [7, 11) is 0. The number of aromatic amines is 1. The molecule has 0 aliphatic carbocycles. The molecule has 16 heavy (non-hydrogen) atoms. The van der Waals surface area contributed by atoms with Crippen molar-refractivity contribution in [3.05, 3.63) is 42.2 Å². The Balaban J connectivity index is 1.83. The molecule has 5 nitrogen and oxygen atoms in total.